The molecule has 2 aliphatic carbocycles. The number of nitrogens with one attached hydrogen (secondary N) is 1. The molecule has 30 heavy (non-hydrogen) atoms. The van der Waals surface area contributed by atoms with Gasteiger partial charge in [0.1, 0.15) is 0 Å². The molecule has 1 saturated carbocycles. The van der Waals surface area contributed by atoms with Crippen LogP contribution in [0.3, 0.4) is 0 Å². The fourth-order valence-corrected chi connectivity index (χ4v) is 6.39. The van der Waals surface area contributed by atoms with Gasteiger partial charge < -0.3 is 15.5 Å². The van der Waals surface area contributed by atoms with E-state index in [4.69, 9.17) is 0 Å². The summed E-state index contributed by atoms with van der Waals surface area (Å²) in [5.41, 5.74) is 6.17. The highest BCUT2D eigenvalue weighted by molar-refractivity contribution is 5.42. The Hall–Kier alpha value is -2.00. The van der Waals surface area contributed by atoms with E-state index in [0.29, 0.717) is 18.4 Å². The van der Waals surface area contributed by atoms with Crippen molar-refractivity contribution in [1.82, 2.24) is 5.32 Å². The summed E-state index contributed by atoms with van der Waals surface area (Å²) in [7, 11) is 0. The lowest BCUT2D eigenvalue weighted by molar-refractivity contribution is 0.0257. The molecule has 0 bridgehead atoms. The van der Waals surface area contributed by atoms with Crippen LogP contribution in [-0.2, 0) is 18.4 Å². The molecule has 3 nitrogen and oxygen atoms in total. The van der Waals surface area contributed by atoms with Crippen LogP contribution in [0.15, 0.2) is 36.4 Å². The van der Waals surface area contributed by atoms with E-state index < -0.39 is 0 Å². The van der Waals surface area contributed by atoms with Crippen LogP contribution >= 0.6 is 0 Å². The lowest BCUT2D eigenvalue weighted by Crippen LogP contribution is -2.52. The number of benzene rings is 2. The van der Waals surface area contributed by atoms with Crippen molar-refractivity contribution >= 4 is 0 Å². The predicted molar refractivity (Wildman–Crippen MR) is 123 cm³/mol. The summed E-state index contributed by atoms with van der Waals surface area (Å²) >= 11 is 0. The van der Waals surface area contributed by atoms with E-state index in [2.05, 4.69) is 51.2 Å². The number of rotatable bonds is 5. The smallest absolute Gasteiger partial charge is 0.157 e. The molecule has 1 fully saturated rings. The zero-order chi connectivity index (χ0) is 21.5. The topological polar surface area (TPSA) is 52.5 Å². The molecule has 0 heterocycles. The van der Waals surface area contributed by atoms with Gasteiger partial charge in [-0.1, -0.05) is 58.4 Å². The summed E-state index contributed by atoms with van der Waals surface area (Å²) in [6.07, 6.45) is 6.28. The summed E-state index contributed by atoms with van der Waals surface area (Å²) in [6, 6.07) is 12.4. The summed E-state index contributed by atoms with van der Waals surface area (Å²) in [5.74, 6) is 1.16. The first-order chi connectivity index (χ1) is 14.2. The Morgan fingerprint density at radius 3 is 2.57 bits per heavy atom. The molecule has 0 aliphatic heterocycles. The number of phenolic OH excluding ortho intramolecular Hbond substituents is 2. The summed E-state index contributed by atoms with van der Waals surface area (Å²) in [5, 5.41) is 22.9. The fourth-order valence-electron chi connectivity index (χ4n) is 6.39. The Morgan fingerprint density at radius 1 is 1.03 bits per heavy atom. The third kappa shape index (κ3) is 3.73. The largest absolute Gasteiger partial charge is 0.504 e. The Morgan fingerprint density at radius 2 is 1.83 bits per heavy atom. The fraction of sp³-hybridized carbons (Fsp3) is 0.556. The first-order valence-corrected chi connectivity index (χ1v) is 11.6. The van der Waals surface area contributed by atoms with E-state index in [9.17, 15) is 10.2 Å². The van der Waals surface area contributed by atoms with Crippen molar-refractivity contribution in [2.45, 2.75) is 77.7 Å². The van der Waals surface area contributed by atoms with Crippen LogP contribution in [-0.4, -0.2) is 16.8 Å². The Bertz CT molecular complexity index is 921. The molecule has 3 N–H and O–H groups in total. The number of aromatic hydroxyl groups is 2. The molecule has 2 aromatic rings. The maximum absolute atomic E-state index is 9.76. The molecule has 4 rings (SSSR count). The van der Waals surface area contributed by atoms with Gasteiger partial charge in [-0.05, 0) is 82.7 Å². The van der Waals surface area contributed by atoms with E-state index in [1.165, 1.54) is 37.7 Å². The summed E-state index contributed by atoms with van der Waals surface area (Å²) in [6.45, 7) is 11.2. The van der Waals surface area contributed by atoms with Gasteiger partial charge in [0.25, 0.3) is 0 Å². The van der Waals surface area contributed by atoms with Crippen LogP contribution in [0.2, 0.25) is 0 Å². The van der Waals surface area contributed by atoms with Gasteiger partial charge in [0.15, 0.2) is 11.5 Å². The van der Waals surface area contributed by atoms with E-state index in [0.717, 1.165) is 12.1 Å². The maximum atomic E-state index is 9.76. The van der Waals surface area contributed by atoms with Crippen molar-refractivity contribution in [3.05, 3.63) is 58.7 Å². The predicted octanol–water partition coefficient (Wildman–Crippen LogP) is 6.02. The molecular formula is C27H37NO2. The van der Waals surface area contributed by atoms with E-state index in [1.807, 2.05) is 6.07 Å². The number of hydrogen-bond acceptors (Lipinski definition) is 3. The van der Waals surface area contributed by atoms with Crippen LogP contribution in [0.1, 0.15) is 81.5 Å². The van der Waals surface area contributed by atoms with E-state index >= 15 is 0 Å². The Labute approximate surface area is 181 Å². The average Bonchev–Trinajstić information content (AvgIpc) is 2.70. The molecule has 0 saturated heterocycles. The lowest BCUT2D eigenvalue weighted by Gasteiger charge is -2.55. The highest BCUT2D eigenvalue weighted by atomic mass is 16.3. The average molecular weight is 408 g/mol. The highest BCUT2D eigenvalue weighted by Gasteiger charge is 2.51. The van der Waals surface area contributed by atoms with E-state index in [1.54, 1.807) is 23.3 Å². The van der Waals surface area contributed by atoms with Crippen LogP contribution < -0.4 is 5.32 Å². The third-order valence-electron chi connectivity index (χ3n) is 8.07. The van der Waals surface area contributed by atoms with Gasteiger partial charge in [-0.15, -0.1) is 0 Å². The van der Waals surface area contributed by atoms with Crippen LogP contribution in [0, 0.1) is 11.3 Å². The molecule has 0 amide bonds. The SMILES string of the molecule is CC(C)c1ccc2c(c1)CC[C@@H]1[C@](C)(CNCc3ccc(O)c(O)c3)CCC[C@]21C. The molecule has 0 radical (unpaired) electrons. The molecule has 162 valence electrons. The molecule has 2 aliphatic rings. The molecule has 3 atom stereocenters. The Balaban J connectivity index is 1.52. The number of phenols is 2. The molecule has 3 heteroatoms. The van der Waals surface area contributed by atoms with Crippen LogP contribution in [0.4, 0.5) is 0 Å². The van der Waals surface area contributed by atoms with E-state index in [-0.39, 0.29) is 22.3 Å². The number of aryl methyl sites for hydroxylation is 1. The zero-order valence-corrected chi connectivity index (χ0v) is 19.0. The van der Waals surface area contributed by atoms with Crippen LogP contribution in [0.5, 0.6) is 11.5 Å². The summed E-state index contributed by atoms with van der Waals surface area (Å²) in [4.78, 5) is 0. The second kappa shape index (κ2) is 7.92. The van der Waals surface area contributed by atoms with Gasteiger partial charge in [0.05, 0.1) is 0 Å². The van der Waals surface area contributed by atoms with Crippen molar-refractivity contribution < 1.29 is 10.2 Å². The molecule has 0 aromatic heterocycles. The van der Waals surface area contributed by atoms with Crippen molar-refractivity contribution in [1.29, 1.82) is 0 Å². The maximum Gasteiger partial charge on any atom is 0.157 e. The van der Waals surface area contributed by atoms with Crippen molar-refractivity contribution in [2.75, 3.05) is 6.54 Å². The first kappa shape index (κ1) is 21.2. The van der Waals surface area contributed by atoms with Gasteiger partial charge in [0, 0.05) is 13.1 Å². The standard InChI is InChI=1S/C27H37NO2/c1-18(2)20-7-9-22-21(15-20)8-11-25-26(3,12-5-13-27(22,25)4)17-28-16-19-6-10-23(29)24(30)14-19/h6-7,9-10,14-15,18,25,28-30H,5,8,11-13,16-17H2,1-4H3/t25-,26+,27-/m1/s1. The molecule has 0 spiro atoms. The minimum Gasteiger partial charge on any atom is -0.504 e. The van der Waals surface area contributed by atoms with Gasteiger partial charge >= 0.3 is 0 Å². The second-order valence-corrected chi connectivity index (χ2v) is 10.5. The molecular weight excluding hydrogens is 370 g/mol. The number of fused-ring (bicyclic) bond motifs is 3. The Kier molecular flexibility index (Phi) is 5.61. The quantitative estimate of drug-likeness (QED) is 0.531. The number of hydrogen-bond donors (Lipinski definition) is 3. The zero-order valence-electron chi connectivity index (χ0n) is 19.0. The lowest BCUT2D eigenvalue weighted by atomic mass is 9.49. The normalized spacial score (nSPS) is 28.2. The highest BCUT2D eigenvalue weighted by Crippen LogP contribution is 2.57. The van der Waals surface area contributed by atoms with Gasteiger partial charge in [-0.25, -0.2) is 0 Å². The first-order valence-electron chi connectivity index (χ1n) is 11.6. The van der Waals surface area contributed by atoms with Gasteiger partial charge in [-0.3, -0.25) is 0 Å². The van der Waals surface area contributed by atoms with Gasteiger partial charge in [-0.2, -0.15) is 0 Å². The third-order valence-corrected chi connectivity index (χ3v) is 8.07. The minimum absolute atomic E-state index is 0.0459. The monoisotopic (exact) mass is 407 g/mol. The molecule has 2 aromatic carbocycles. The summed E-state index contributed by atoms with van der Waals surface area (Å²) < 4.78 is 0. The van der Waals surface area contributed by atoms with Gasteiger partial charge in [0.2, 0.25) is 0 Å². The van der Waals surface area contributed by atoms with Crippen molar-refractivity contribution in [3.63, 3.8) is 0 Å². The molecule has 0 unspecified atom stereocenters. The van der Waals surface area contributed by atoms with Crippen molar-refractivity contribution in [2.24, 2.45) is 11.3 Å². The minimum atomic E-state index is -0.0599. The van der Waals surface area contributed by atoms with Crippen molar-refractivity contribution in [3.8, 4) is 11.5 Å². The second-order valence-electron chi connectivity index (χ2n) is 10.5. The van der Waals surface area contributed by atoms with Crippen LogP contribution in [0.25, 0.3) is 0 Å².